The number of esters is 1. The van der Waals surface area contributed by atoms with E-state index in [1.165, 1.54) is 6.92 Å². The highest BCUT2D eigenvalue weighted by atomic mass is 16.5. The summed E-state index contributed by atoms with van der Waals surface area (Å²) in [6.45, 7) is 3.26. The quantitative estimate of drug-likeness (QED) is 0.640. The smallest absolute Gasteiger partial charge is 0.309 e. The van der Waals surface area contributed by atoms with Gasteiger partial charge in [-0.3, -0.25) is 9.59 Å². The monoisotopic (exact) mass is 188 g/mol. The average Bonchev–Trinajstić information content (AvgIpc) is 2.03. The van der Waals surface area contributed by atoms with Crippen molar-refractivity contribution in [3.8, 4) is 0 Å². The van der Waals surface area contributed by atoms with Gasteiger partial charge in [-0.15, -0.1) is 0 Å². The predicted octanol–water partition coefficient (Wildman–Crippen LogP) is 1.44. The molecular formula is C9H16O4. The number of carboxylic acids is 1. The molecule has 0 spiro atoms. The fraction of sp³-hybridized carbons (Fsp3) is 0.778. The van der Waals surface area contributed by atoms with Crippen LogP contribution >= 0.6 is 0 Å². The summed E-state index contributed by atoms with van der Waals surface area (Å²) in [5.41, 5.74) is 0. The molecule has 0 fully saturated rings. The number of unbranched alkanes of at least 4 members (excludes halogenated alkanes) is 1. The van der Waals surface area contributed by atoms with Crippen LogP contribution < -0.4 is 0 Å². The molecule has 4 heteroatoms. The number of ether oxygens (including phenoxy) is 1. The van der Waals surface area contributed by atoms with Crippen LogP contribution in [0.3, 0.4) is 0 Å². The van der Waals surface area contributed by atoms with Gasteiger partial charge in [0, 0.05) is 6.92 Å². The van der Waals surface area contributed by atoms with E-state index in [0.29, 0.717) is 6.42 Å². The fourth-order valence-corrected chi connectivity index (χ4v) is 0.947. The van der Waals surface area contributed by atoms with Crippen LogP contribution in [-0.2, 0) is 14.3 Å². The largest absolute Gasteiger partial charge is 0.481 e. The van der Waals surface area contributed by atoms with Gasteiger partial charge in [0.15, 0.2) is 0 Å². The minimum atomic E-state index is -0.894. The molecule has 0 aromatic heterocycles. The van der Waals surface area contributed by atoms with E-state index in [0.717, 1.165) is 12.8 Å². The number of hydrogen-bond donors (Lipinski definition) is 1. The van der Waals surface area contributed by atoms with Gasteiger partial charge >= 0.3 is 11.9 Å². The second kappa shape index (κ2) is 6.46. The highest BCUT2D eigenvalue weighted by Crippen LogP contribution is 2.09. The second-order valence-corrected chi connectivity index (χ2v) is 2.98. The second-order valence-electron chi connectivity index (χ2n) is 2.98. The third-order valence-electron chi connectivity index (χ3n) is 1.74. The van der Waals surface area contributed by atoms with Gasteiger partial charge in [-0.2, -0.15) is 0 Å². The number of hydrogen-bond acceptors (Lipinski definition) is 3. The number of aliphatic carboxylic acids is 1. The summed E-state index contributed by atoms with van der Waals surface area (Å²) >= 11 is 0. The zero-order chi connectivity index (χ0) is 10.3. The SMILES string of the molecule is CCCCC(COC(C)=O)C(=O)O. The zero-order valence-electron chi connectivity index (χ0n) is 8.08. The molecule has 0 aliphatic rings. The van der Waals surface area contributed by atoms with E-state index >= 15 is 0 Å². The summed E-state index contributed by atoms with van der Waals surface area (Å²) in [7, 11) is 0. The summed E-state index contributed by atoms with van der Waals surface area (Å²) in [6, 6.07) is 0. The molecule has 0 aliphatic carbocycles. The van der Waals surface area contributed by atoms with Crippen molar-refractivity contribution in [2.24, 2.45) is 5.92 Å². The molecule has 1 unspecified atom stereocenters. The number of rotatable bonds is 6. The van der Waals surface area contributed by atoms with Crippen molar-refractivity contribution in [1.82, 2.24) is 0 Å². The Kier molecular flexibility index (Phi) is 5.93. The van der Waals surface area contributed by atoms with Crippen LogP contribution in [0.25, 0.3) is 0 Å². The first-order valence-corrected chi connectivity index (χ1v) is 4.44. The number of carboxylic acid groups (broad SMARTS) is 1. The molecule has 0 heterocycles. The van der Waals surface area contributed by atoms with Crippen LogP contribution in [0.5, 0.6) is 0 Å². The van der Waals surface area contributed by atoms with Crippen LogP contribution in [0.1, 0.15) is 33.1 Å². The molecule has 0 rings (SSSR count). The number of carbonyl (C=O) groups excluding carboxylic acids is 1. The van der Waals surface area contributed by atoms with Gasteiger partial charge in [0.2, 0.25) is 0 Å². The molecule has 1 atom stereocenters. The van der Waals surface area contributed by atoms with Crippen molar-refractivity contribution < 1.29 is 19.4 Å². The fourth-order valence-electron chi connectivity index (χ4n) is 0.947. The third-order valence-corrected chi connectivity index (χ3v) is 1.74. The summed E-state index contributed by atoms with van der Waals surface area (Å²) in [5.74, 6) is -1.87. The third kappa shape index (κ3) is 6.13. The first-order valence-electron chi connectivity index (χ1n) is 4.44. The Hall–Kier alpha value is -1.06. The van der Waals surface area contributed by atoms with Gasteiger partial charge in [0.05, 0.1) is 5.92 Å². The lowest BCUT2D eigenvalue weighted by Crippen LogP contribution is -2.21. The lowest BCUT2D eigenvalue weighted by Gasteiger charge is -2.10. The maximum absolute atomic E-state index is 10.6. The Morgan fingerprint density at radius 1 is 1.46 bits per heavy atom. The lowest BCUT2D eigenvalue weighted by atomic mass is 10.0. The van der Waals surface area contributed by atoms with E-state index in [9.17, 15) is 9.59 Å². The van der Waals surface area contributed by atoms with Crippen LogP contribution in [0.2, 0.25) is 0 Å². The molecule has 1 N–H and O–H groups in total. The van der Waals surface area contributed by atoms with Gasteiger partial charge < -0.3 is 9.84 Å². The van der Waals surface area contributed by atoms with E-state index in [-0.39, 0.29) is 6.61 Å². The molecule has 4 nitrogen and oxygen atoms in total. The Balaban J connectivity index is 3.80. The molecule has 0 aliphatic heterocycles. The summed E-state index contributed by atoms with van der Waals surface area (Å²) in [5, 5.41) is 8.72. The molecule has 0 aromatic carbocycles. The van der Waals surface area contributed by atoms with Crippen LogP contribution in [0.15, 0.2) is 0 Å². The van der Waals surface area contributed by atoms with Crippen molar-refractivity contribution in [1.29, 1.82) is 0 Å². The van der Waals surface area contributed by atoms with Crippen molar-refractivity contribution in [3.63, 3.8) is 0 Å². The molecule has 76 valence electrons. The zero-order valence-corrected chi connectivity index (χ0v) is 8.08. The van der Waals surface area contributed by atoms with Gasteiger partial charge in [0.25, 0.3) is 0 Å². The Morgan fingerprint density at radius 3 is 2.46 bits per heavy atom. The Morgan fingerprint density at radius 2 is 2.08 bits per heavy atom. The van der Waals surface area contributed by atoms with Crippen LogP contribution in [0.4, 0.5) is 0 Å². The van der Waals surface area contributed by atoms with Gasteiger partial charge in [-0.05, 0) is 6.42 Å². The molecule has 0 aromatic rings. The summed E-state index contributed by atoms with van der Waals surface area (Å²) in [4.78, 5) is 21.1. The van der Waals surface area contributed by atoms with E-state index in [4.69, 9.17) is 5.11 Å². The van der Waals surface area contributed by atoms with Crippen molar-refractivity contribution in [2.45, 2.75) is 33.1 Å². The molecule has 13 heavy (non-hydrogen) atoms. The maximum atomic E-state index is 10.6. The van der Waals surface area contributed by atoms with Crippen LogP contribution in [0, 0.1) is 5.92 Å². The first-order chi connectivity index (χ1) is 6.07. The topological polar surface area (TPSA) is 63.6 Å². The molecular weight excluding hydrogens is 172 g/mol. The van der Waals surface area contributed by atoms with Crippen molar-refractivity contribution in [2.75, 3.05) is 6.61 Å². The van der Waals surface area contributed by atoms with Gasteiger partial charge in [-0.25, -0.2) is 0 Å². The van der Waals surface area contributed by atoms with Crippen molar-refractivity contribution >= 4 is 11.9 Å². The standard InChI is InChI=1S/C9H16O4/c1-3-4-5-8(9(11)12)6-13-7(2)10/h8H,3-6H2,1-2H3,(H,11,12). The summed E-state index contributed by atoms with van der Waals surface area (Å²) < 4.78 is 4.64. The van der Waals surface area contributed by atoms with E-state index in [2.05, 4.69) is 4.74 Å². The lowest BCUT2D eigenvalue weighted by molar-refractivity contribution is -0.149. The first kappa shape index (κ1) is 11.9. The Bertz CT molecular complexity index is 176. The minimum Gasteiger partial charge on any atom is -0.481 e. The highest BCUT2D eigenvalue weighted by Gasteiger charge is 2.17. The molecule has 0 radical (unpaired) electrons. The van der Waals surface area contributed by atoms with Crippen LogP contribution in [-0.4, -0.2) is 23.7 Å². The van der Waals surface area contributed by atoms with Gasteiger partial charge in [0.1, 0.15) is 6.61 Å². The van der Waals surface area contributed by atoms with E-state index in [1.807, 2.05) is 6.92 Å². The number of carbonyl (C=O) groups is 2. The molecule has 0 saturated heterocycles. The van der Waals surface area contributed by atoms with Gasteiger partial charge in [-0.1, -0.05) is 19.8 Å². The van der Waals surface area contributed by atoms with E-state index < -0.39 is 17.9 Å². The highest BCUT2D eigenvalue weighted by molar-refractivity contribution is 5.71. The minimum absolute atomic E-state index is 0.00926. The van der Waals surface area contributed by atoms with E-state index in [1.54, 1.807) is 0 Å². The molecule has 0 amide bonds. The predicted molar refractivity (Wildman–Crippen MR) is 47.3 cm³/mol. The normalized spacial score (nSPS) is 12.2. The summed E-state index contributed by atoms with van der Waals surface area (Å²) in [6.07, 6.45) is 2.36. The molecule has 0 saturated carbocycles. The average molecular weight is 188 g/mol. The molecule has 0 bridgehead atoms. The Labute approximate surface area is 77.9 Å². The maximum Gasteiger partial charge on any atom is 0.309 e. The van der Waals surface area contributed by atoms with Crippen molar-refractivity contribution in [3.05, 3.63) is 0 Å².